The third kappa shape index (κ3) is 5.82. The van der Waals surface area contributed by atoms with Crippen molar-refractivity contribution < 1.29 is 14.5 Å². The third-order valence-electron chi connectivity index (χ3n) is 4.37. The van der Waals surface area contributed by atoms with Crippen LogP contribution in [0.3, 0.4) is 0 Å². The highest BCUT2D eigenvalue weighted by atomic mass is 79.9. The van der Waals surface area contributed by atoms with Crippen LogP contribution in [0.4, 0.5) is 16.2 Å². The number of nitrogens with zero attached hydrogens (tertiary/aromatic N) is 2. The smallest absolute Gasteiger partial charge is 0.410 e. The molecule has 0 unspecified atom stereocenters. The maximum absolute atomic E-state index is 12.3. The van der Waals surface area contributed by atoms with E-state index < -0.39 is 5.60 Å². The summed E-state index contributed by atoms with van der Waals surface area (Å²) in [6.45, 7) is 10.7. The predicted octanol–water partition coefficient (Wildman–Crippen LogP) is 5.29. The fourth-order valence-corrected chi connectivity index (χ4v) is 3.88. The molecule has 1 aromatic rings. The predicted molar refractivity (Wildman–Crippen MR) is 109 cm³/mol. The highest BCUT2D eigenvalue weighted by Gasteiger charge is 2.29. The number of hydrogen-bond donors (Lipinski definition) is 1. The lowest BCUT2D eigenvalue weighted by Gasteiger charge is -2.34. The molecule has 1 aromatic carbocycles. The second-order valence-electron chi connectivity index (χ2n) is 8.21. The van der Waals surface area contributed by atoms with Gasteiger partial charge in [0.05, 0.1) is 4.92 Å². The van der Waals surface area contributed by atoms with Gasteiger partial charge in [-0.25, -0.2) is 4.79 Å². The molecule has 0 radical (unpaired) electrons. The summed E-state index contributed by atoms with van der Waals surface area (Å²) in [5.74, 6) is 0.227. The van der Waals surface area contributed by atoms with Gasteiger partial charge in [0.15, 0.2) is 0 Å². The lowest BCUT2D eigenvalue weighted by Crippen LogP contribution is -2.47. The normalized spacial score (nSPS) is 17.7. The summed E-state index contributed by atoms with van der Waals surface area (Å²) < 4.78 is 6.18. The average Bonchev–Trinajstić information content (AvgIpc) is 2.54. The van der Waals surface area contributed by atoms with Gasteiger partial charge in [-0.1, -0.05) is 29.8 Å². The number of amides is 1. The molecule has 2 rings (SSSR count). The van der Waals surface area contributed by atoms with E-state index in [-0.39, 0.29) is 28.7 Å². The molecule has 7 nitrogen and oxygen atoms in total. The highest BCUT2D eigenvalue weighted by molar-refractivity contribution is 9.10. The van der Waals surface area contributed by atoms with Crippen LogP contribution in [0.25, 0.3) is 0 Å². The monoisotopic (exact) mass is 441 g/mol. The van der Waals surface area contributed by atoms with E-state index in [4.69, 9.17) is 4.74 Å². The summed E-state index contributed by atoms with van der Waals surface area (Å²) in [5, 5.41) is 14.8. The van der Waals surface area contributed by atoms with Crippen LogP contribution in [0.15, 0.2) is 16.6 Å². The van der Waals surface area contributed by atoms with Crippen molar-refractivity contribution in [2.24, 2.45) is 0 Å². The first-order valence-corrected chi connectivity index (χ1v) is 9.99. The number of hydrogen-bond acceptors (Lipinski definition) is 5. The zero-order chi connectivity index (χ0) is 20.4. The largest absolute Gasteiger partial charge is 0.444 e. The minimum atomic E-state index is -0.548. The van der Waals surface area contributed by atoms with Gasteiger partial charge >= 0.3 is 6.09 Å². The Bertz CT molecular complexity index is 716. The summed E-state index contributed by atoms with van der Waals surface area (Å²) in [6, 6.07) is 3.32. The van der Waals surface area contributed by atoms with Gasteiger partial charge in [0.25, 0.3) is 5.69 Å². The van der Waals surface area contributed by atoms with Crippen LogP contribution in [0, 0.1) is 10.1 Å². The van der Waals surface area contributed by atoms with E-state index in [1.54, 1.807) is 11.0 Å². The Balaban J connectivity index is 2.19. The number of anilines is 1. The van der Waals surface area contributed by atoms with E-state index >= 15 is 0 Å². The molecule has 150 valence electrons. The fourth-order valence-electron chi connectivity index (χ4n) is 3.10. The summed E-state index contributed by atoms with van der Waals surface area (Å²) in [5.41, 5.74) is 0.972. The second-order valence-corrected chi connectivity index (χ2v) is 9.07. The number of carbonyl (C=O) groups excluding carboxylic acids is 1. The maximum Gasteiger partial charge on any atom is 0.410 e. The number of rotatable bonds is 4. The van der Waals surface area contributed by atoms with Gasteiger partial charge in [-0.3, -0.25) is 10.1 Å². The molecule has 1 saturated heterocycles. The number of piperidine rings is 1. The Morgan fingerprint density at radius 2 is 2.07 bits per heavy atom. The molecular weight excluding hydrogens is 414 g/mol. The molecule has 1 aliphatic rings. The summed E-state index contributed by atoms with van der Waals surface area (Å²) >= 11 is 3.43. The van der Waals surface area contributed by atoms with Crippen molar-refractivity contribution in [1.29, 1.82) is 0 Å². The summed E-state index contributed by atoms with van der Waals surface area (Å²) in [6.07, 6.45) is 1.31. The van der Waals surface area contributed by atoms with Gasteiger partial charge in [0.2, 0.25) is 0 Å². The van der Waals surface area contributed by atoms with Crippen molar-refractivity contribution in [2.45, 2.75) is 65.0 Å². The number of nitrogens with one attached hydrogen (secondary N) is 1. The molecule has 1 N–H and O–H groups in total. The molecule has 1 amide bonds. The van der Waals surface area contributed by atoms with E-state index in [1.807, 2.05) is 40.7 Å². The standard InChI is InChI=1S/C19H28BrN3O4/c1-12(2)14-9-16(17(23(25)26)10-15(14)20)21-13-7-6-8-22(11-13)18(24)27-19(3,4)5/h9-10,12-13,21H,6-8,11H2,1-5H3/t13-/m0/s1. The molecule has 1 heterocycles. The van der Waals surface area contributed by atoms with E-state index in [1.165, 1.54) is 0 Å². The van der Waals surface area contributed by atoms with Crippen molar-refractivity contribution >= 4 is 33.4 Å². The van der Waals surface area contributed by atoms with Gasteiger partial charge in [0.1, 0.15) is 11.3 Å². The Hall–Kier alpha value is -1.83. The zero-order valence-electron chi connectivity index (χ0n) is 16.5. The first-order valence-electron chi connectivity index (χ1n) is 9.20. The number of halogens is 1. The highest BCUT2D eigenvalue weighted by Crippen LogP contribution is 2.36. The van der Waals surface area contributed by atoms with E-state index in [9.17, 15) is 14.9 Å². The van der Waals surface area contributed by atoms with Gasteiger partial charge in [-0.05, 0) is 51.2 Å². The first kappa shape index (κ1) is 21.5. The number of nitro groups is 1. The van der Waals surface area contributed by atoms with Crippen LogP contribution in [0.1, 0.15) is 58.9 Å². The number of carbonyl (C=O) groups is 1. The lowest BCUT2D eigenvalue weighted by atomic mass is 10.0. The molecule has 0 bridgehead atoms. The van der Waals surface area contributed by atoms with Crippen LogP contribution in [0.5, 0.6) is 0 Å². The summed E-state index contributed by atoms with van der Waals surface area (Å²) in [4.78, 5) is 25.1. The molecule has 1 fully saturated rings. The van der Waals surface area contributed by atoms with Crippen molar-refractivity contribution in [3.8, 4) is 0 Å². The van der Waals surface area contributed by atoms with E-state index in [0.29, 0.717) is 18.8 Å². The minimum Gasteiger partial charge on any atom is -0.444 e. The van der Waals surface area contributed by atoms with Crippen LogP contribution in [0.2, 0.25) is 0 Å². The van der Waals surface area contributed by atoms with E-state index in [2.05, 4.69) is 21.2 Å². The number of nitro benzene ring substituents is 1. The zero-order valence-corrected chi connectivity index (χ0v) is 18.1. The molecular formula is C19H28BrN3O4. The van der Waals surface area contributed by atoms with Crippen LogP contribution >= 0.6 is 15.9 Å². The summed E-state index contributed by atoms with van der Waals surface area (Å²) in [7, 11) is 0. The fraction of sp³-hybridized carbons (Fsp3) is 0.632. The Labute approximate surface area is 168 Å². The second kappa shape index (κ2) is 8.46. The van der Waals surface area contributed by atoms with Gasteiger partial charge in [-0.15, -0.1) is 0 Å². The van der Waals surface area contributed by atoms with Crippen LogP contribution in [-0.2, 0) is 4.74 Å². The van der Waals surface area contributed by atoms with Gasteiger partial charge < -0.3 is 15.0 Å². The molecule has 0 aliphatic carbocycles. The van der Waals surface area contributed by atoms with E-state index in [0.717, 1.165) is 22.9 Å². The Morgan fingerprint density at radius 3 is 2.63 bits per heavy atom. The number of likely N-dealkylation sites (tertiary alicyclic amines) is 1. The average molecular weight is 442 g/mol. The number of ether oxygens (including phenoxy) is 1. The molecule has 0 aromatic heterocycles. The molecule has 27 heavy (non-hydrogen) atoms. The van der Waals surface area contributed by atoms with Gasteiger partial charge in [-0.2, -0.15) is 0 Å². The van der Waals surface area contributed by atoms with Crippen LogP contribution < -0.4 is 5.32 Å². The molecule has 0 saturated carbocycles. The van der Waals surface area contributed by atoms with Crippen molar-refractivity contribution in [2.75, 3.05) is 18.4 Å². The topological polar surface area (TPSA) is 84.7 Å². The van der Waals surface area contributed by atoms with Crippen molar-refractivity contribution in [3.05, 3.63) is 32.3 Å². The maximum atomic E-state index is 12.3. The number of benzene rings is 1. The molecule has 8 heteroatoms. The van der Waals surface area contributed by atoms with Crippen molar-refractivity contribution in [1.82, 2.24) is 4.90 Å². The quantitative estimate of drug-likeness (QED) is 0.506. The van der Waals surface area contributed by atoms with Gasteiger partial charge in [0, 0.05) is 29.7 Å². The minimum absolute atomic E-state index is 0.0284. The SMILES string of the molecule is CC(C)c1cc(N[C@H]2CCCN(C(=O)OC(C)(C)C)C2)c([N+](=O)[O-])cc1Br. The third-order valence-corrected chi connectivity index (χ3v) is 5.05. The first-order chi connectivity index (χ1) is 12.5. The molecule has 1 aliphatic heterocycles. The lowest BCUT2D eigenvalue weighted by molar-refractivity contribution is -0.384. The van der Waals surface area contributed by atoms with Crippen molar-refractivity contribution in [3.63, 3.8) is 0 Å². The Kier molecular flexibility index (Phi) is 6.72. The van der Waals surface area contributed by atoms with Crippen LogP contribution in [-0.4, -0.2) is 40.6 Å². The Morgan fingerprint density at radius 1 is 1.41 bits per heavy atom. The molecule has 0 spiro atoms. The molecule has 1 atom stereocenters.